The summed E-state index contributed by atoms with van der Waals surface area (Å²) in [5, 5.41) is 0. The molecule has 0 atom stereocenters. The fourth-order valence-corrected chi connectivity index (χ4v) is 4.38. The van der Waals surface area contributed by atoms with Crippen LogP contribution in [0.3, 0.4) is 0 Å². The van der Waals surface area contributed by atoms with E-state index < -0.39 is 0 Å². The molecule has 26 heavy (non-hydrogen) atoms. The number of para-hydroxylation sites is 4. The van der Waals surface area contributed by atoms with Crippen LogP contribution in [0.25, 0.3) is 11.0 Å². The summed E-state index contributed by atoms with van der Waals surface area (Å²) in [6, 6.07) is 23.9. The first-order valence-corrected chi connectivity index (χ1v) is 9.22. The molecular formula is C21H15N3OS. The van der Waals surface area contributed by atoms with E-state index >= 15 is 0 Å². The van der Waals surface area contributed by atoms with E-state index in [1.165, 1.54) is 0 Å². The average Bonchev–Trinajstić information content (AvgIpc) is 3.09. The molecule has 0 saturated heterocycles. The second kappa shape index (κ2) is 6.04. The van der Waals surface area contributed by atoms with Gasteiger partial charge in [-0.1, -0.05) is 48.2 Å². The number of fused-ring (bicyclic) bond motifs is 3. The van der Waals surface area contributed by atoms with Gasteiger partial charge >= 0.3 is 0 Å². The van der Waals surface area contributed by atoms with Crippen molar-refractivity contribution in [2.24, 2.45) is 0 Å². The number of aromatic nitrogens is 2. The summed E-state index contributed by atoms with van der Waals surface area (Å²) in [5.41, 5.74) is 3.74. The second-order valence-electron chi connectivity index (χ2n) is 6.13. The maximum Gasteiger partial charge on any atom is 0.251 e. The minimum Gasteiger partial charge on any atom is -0.321 e. The summed E-state index contributed by atoms with van der Waals surface area (Å²) < 4.78 is 1.91. The third kappa shape index (κ3) is 2.40. The number of benzene rings is 3. The van der Waals surface area contributed by atoms with Crippen LogP contribution in [0.1, 0.15) is 0 Å². The number of imidazole rings is 1. The Morgan fingerprint density at radius 1 is 0.846 bits per heavy atom. The van der Waals surface area contributed by atoms with Crippen molar-refractivity contribution in [3.05, 3.63) is 79.1 Å². The van der Waals surface area contributed by atoms with E-state index in [1.54, 1.807) is 18.1 Å². The number of hydrogen-bond acceptors (Lipinski definition) is 3. The van der Waals surface area contributed by atoms with Crippen LogP contribution in [-0.4, -0.2) is 15.5 Å². The lowest BCUT2D eigenvalue weighted by Crippen LogP contribution is -2.31. The van der Waals surface area contributed by atoms with Crippen LogP contribution in [0.15, 0.2) is 88.9 Å². The highest BCUT2D eigenvalue weighted by atomic mass is 32.2. The van der Waals surface area contributed by atoms with Crippen molar-refractivity contribution in [2.75, 3.05) is 4.90 Å². The highest BCUT2D eigenvalue weighted by Crippen LogP contribution is 2.47. The van der Waals surface area contributed by atoms with Crippen LogP contribution < -0.4 is 4.90 Å². The Bertz CT molecular complexity index is 1090. The Balaban J connectivity index is 1.58. The summed E-state index contributed by atoms with van der Waals surface area (Å²) in [7, 11) is 0. The van der Waals surface area contributed by atoms with Crippen LogP contribution in [-0.2, 0) is 11.3 Å². The summed E-state index contributed by atoms with van der Waals surface area (Å²) >= 11 is 1.70. The zero-order chi connectivity index (χ0) is 17.5. The van der Waals surface area contributed by atoms with Crippen molar-refractivity contribution in [3.8, 4) is 0 Å². The summed E-state index contributed by atoms with van der Waals surface area (Å²) in [6.07, 6.45) is 1.74. The van der Waals surface area contributed by atoms with E-state index in [-0.39, 0.29) is 12.5 Å². The summed E-state index contributed by atoms with van der Waals surface area (Å²) in [4.78, 5) is 21.7. The second-order valence-corrected chi connectivity index (χ2v) is 7.21. The van der Waals surface area contributed by atoms with E-state index in [1.807, 2.05) is 70.1 Å². The van der Waals surface area contributed by atoms with Crippen molar-refractivity contribution < 1.29 is 4.79 Å². The maximum atomic E-state index is 13.3. The van der Waals surface area contributed by atoms with Gasteiger partial charge in [-0.25, -0.2) is 4.98 Å². The molecule has 0 unspecified atom stereocenters. The SMILES string of the molecule is O=C(Cn1cnc2ccccc21)N1c2ccccc2Sc2ccccc21. The summed E-state index contributed by atoms with van der Waals surface area (Å²) in [6.45, 7) is 0.244. The standard InChI is InChI=1S/C21H15N3OS/c25-21(13-23-14-22-15-7-1-2-8-16(15)23)24-17-9-3-5-11-19(17)26-20-12-6-4-10-18(20)24/h1-12,14H,13H2. The molecule has 3 aromatic carbocycles. The average molecular weight is 357 g/mol. The number of carbonyl (C=O) groups is 1. The van der Waals surface area contributed by atoms with Gasteiger partial charge in [0.15, 0.2) is 0 Å². The van der Waals surface area contributed by atoms with E-state index in [0.717, 1.165) is 32.2 Å². The quantitative estimate of drug-likeness (QED) is 0.514. The highest BCUT2D eigenvalue weighted by Gasteiger charge is 2.28. The van der Waals surface area contributed by atoms with Gasteiger partial charge in [-0.05, 0) is 36.4 Å². The molecule has 0 fully saturated rings. The number of nitrogens with zero attached hydrogens (tertiary/aromatic N) is 3. The first-order valence-electron chi connectivity index (χ1n) is 8.40. The third-order valence-corrected chi connectivity index (χ3v) is 5.64. The predicted octanol–water partition coefficient (Wildman–Crippen LogP) is 4.87. The number of amides is 1. The molecule has 5 rings (SSSR count). The largest absolute Gasteiger partial charge is 0.321 e. The molecule has 0 radical (unpaired) electrons. The Morgan fingerprint density at radius 2 is 1.46 bits per heavy atom. The molecule has 0 bridgehead atoms. The number of carbonyl (C=O) groups excluding carboxylic acids is 1. The van der Waals surface area contributed by atoms with Crippen molar-refractivity contribution >= 4 is 40.1 Å². The van der Waals surface area contributed by atoms with Gasteiger partial charge in [0.1, 0.15) is 6.54 Å². The van der Waals surface area contributed by atoms with E-state index in [9.17, 15) is 4.79 Å². The van der Waals surface area contributed by atoms with Crippen molar-refractivity contribution in [3.63, 3.8) is 0 Å². The normalized spacial score (nSPS) is 12.7. The minimum absolute atomic E-state index is 0.0216. The summed E-state index contributed by atoms with van der Waals surface area (Å²) in [5.74, 6) is 0.0216. The lowest BCUT2D eigenvalue weighted by atomic mass is 10.2. The molecule has 4 aromatic rings. The highest BCUT2D eigenvalue weighted by molar-refractivity contribution is 7.99. The Morgan fingerprint density at radius 3 is 2.19 bits per heavy atom. The van der Waals surface area contributed by atoms with Crippen LogP contribution in [0.5, 0.6) is 0 Å². The van der Waals surface area contributed by atoms with Gasteiger partial charge < -0.3 is 4.57 Å². The molecule has 1 aliphatic rings. The van der Waals surface area contributed by atoms with E-state index in [2.05, 4.69) is 17.1 Å². The number of anilines is 2. The molecular weight excluding hydrogens is 342 g/mol. The van der Waals surface area contributed by atoms with Gasteiger partial charge in [0.25, 0.3) is 5.91 Å². The lowest BCUT2D eigenvalue weighted by Gasteiger charge is -2.31. The molecule has 5 heteroatoms. The minimum atomic E-state index is 0.0216. The number of rotatable bonds is 2. The fraction of sp³-hybridized carbons (Fsp3) is 0.0476. The Labute approximate surface area is 155 Å². The molecule has 2 heterocycles. The zero-order valence-corrected chi connectivity index (χ0v) is 14.7. The zero-order valence-electron chi connectivity index (χ0n) is 13.9. The van der Waals surface area contributed by atoms with Crippen LogP contribution in [0.2, 0.25) is 0 Å². The number of hydrogen-bond donors (Lipinski definition) is 0. The molecule has 1 aromatic heterocycles. The van der Waals surface area contributed by atoms with Gasteiger partial charge in [-0.2, -0.15) is 0 Å². The molecule has 0 saturated carbocycles. The first kappa shape index (κ1) is 15.2. The van der Waals surface area contributed by atoms with Crippen molar-refractivity contribution in [1.82, 2.24) is 9.55 Å². The fourth-order valence-electron chi connectivity index (χ4n) is 3.33. The lowest BCUT2D eigenvalue weighted by molar-refractivity contribution is -0.118. The van der Waals surface area contributed by atoms with Gasteiger partial charge in [-0.3, -0.25) is 9.69 Å². The van der Waals surface area contributed by atoms with Crippen molar-refractivity contribution in [2.45, 2.75) is 16.3 Å². The molecule has 1 aliphatic heterocycles. The van der Waals surface area contributed by atoms with E-state index in [4.69, 9.17) is 0 Å². The smallest absolute Gasteiger partial charge is 0.251 e. The van der Waals surface area contributed by atoms with Gasteiger partial charge in [-0.15, -0.1) is 0 Å². The van der Waals surface area contributed by atoms with Gasteiger partial charge in [0.05, 0.1) is 28.7 Å². The molecule has 0 N–H and O–H groups in total. The predicted molar refractivity (Wildman–Crippen MR) is 104 cm³/mol. The van der Waals surface area contributed by atoms with Gasteiger partial charge in [0, 0.05) is 9.79 Å². The van der Waals surface area contributed by atoms with Crippen LogP contribution in [0.4, 0.5) is 11.4 Å². The van der Waals surface area contributed by atoms with Gasteiger partial charge in [0.2, 0.25) is 0 Å². The van der Waals surface area contributed by atoms with Crippen molar-refractivity contribution in [1.29, 1.82) is 0 Å². The molecule has 0 spiro atoms. The Kier molecular flexibility index (Phi) is 3.53. The Hall–Kier alpha value is -3.05. The molecule has 1 amide bonds. The molecule has 126 valence electrons. The van der Waals surface area contributed by atoms with Crippen LogP contribution in [0, 0.1) is 0 Å². The topological polar surface area (TPSA) is 38.1 Å². The van der Waals surface area contributed by atoms with Crippen LogP contribution >= 0.6 is 11.8 Å². The third-order valence-electron chi connectivity index (χ3n) is 4.51. The maximum absolute atomic E-state index is 13.3. The van der Waals surface area contributed by atoms with E-state index in [0.29, 0.717) is 0 Å². The molecule has 0 aliphatic carbocycles. The monoisotopic (exact) mass is 357 g/mol. The first-order chi connectivity index (χ1) is 12.8. The molecule has 4 nitrogen and oxygen atoms in total.